The van der Waals surface area contributed by atoms with E-state index in [4.69, 9.17) is 8.83 Å². The van der Waals surface area contributed by atoms with Crippen molar-refractivity contribution in [3.63, 3.8) is 0 Å². The molecule has 2 aromatic heterocycles. The zero-order valence-electron chi connectivity index (χ0n) is 58.0. The third-order valence-electron chi connectivity index (χ3n) is 23.8. The predicted octanol–water partition coefficient (Wildman–Crippen LogP) is 28.7. The Morgan fingerprint density at radius 3 is 1.14 bits per heavy atom. The molecule has 0 saturated carbocycles. The highest BCUT2D eigenvalue weighted by Crippen LogP contribution is 2.58. The van der Waals surface area contributed by atoms with Crippen LogP contribution in [0.25, 0.3) is 209 Å². The van der Waals surface area contributed by atoms with Crippen molar-refractivity contribution in [1.29, 1.82) is 0 Å². The van der Waals surface area contributed by atoms with Gasteiger partial charge in [-0.1, -0.05) is 301 Å². The highest BCUT2D eigenvalue weighted by Gasteiger charge is 2.41. The van der Waals surface area contributed by atoms with Gasteiger partial charge in [0.15, 0.2) is 0 Å². The summed E-state index contributed by atoms with van der Waals surface area (Å²) < 4.78 is 14.1. The van der Waals surface area contributed by atoms with E-state index < -0.39 is 0 Å². The summed E-state index contributed by atoms with van der Waals surface area (Å²) in [5, 5.41) is 19.4. The maximum atomic E-state index is 7.10. The van der Waals surface area contributed by atoms with Gasteiger partial charge in [-0.25, -0.2) is 0 Å². The predicted molar refractivity (Wildman–Crippen MR) is 439 cm³/mol. The standard InChI is InChI=1S/C102H66O2/c1-101(2)87-51-45-63-35-40-67(54-84(63)97(87)86-58-92-85(57-88(86)101)72-47-43-69(55-90(72)104-92)95-77-27-15-11-23-73(77)93(74-24-12-16-28-78(74)95)64-36-31-61(32-37-64)59-19-7-5-8-20-59)66-41-46-71-68(53-66)42-48-81-82-50-52-89-98(100(82)102(3,4)99(71)81)83-49-44-70(56-91(83)103-89)96-79-29-17-13-25-75(79)94(76-26-14-18-30-80(76)96)65-38-33-62(34-39-65)60-21-9-6-10-22-60/h5-58H,1-4H3. The van der Waals surface area contributed by atoms with E-state index in [1.807, 2.05) is 0 Å². The van der Waals surface area contributed by atoms with Crippen LogP contribution in [0.2, 0.25) is 0 Å². The number of hydrogen-bond acceptors (Lipinski definition) is 2. The molecular formula is C102H66O2. The van der Waals surface area contributed by atoms with Crippen molar-refractivity contribution in [1.82, 2.24) is 0 Å². The molecule has 0 N–H and O–H groups in total. The van der Waals surface area contributed by atoms with Crippen LogP contribution in [-0.2, 0) is 10.8 Å². The van der Waals surface area contributed by atoms with Crippen molar-refractivity contribution >= 4 is 109 Å². The molecule has 2 heteroatoms. The van der Waals surface area contributed by atoms with Gasteiger partial charge in [0, 0.05) is 32.4 Å². The van der Waals surface area contributed by atoms with Crippen molar-refractivity contribution in [3.05, 3.63) is 350 Å². The van der Waals surface area contributed by atoms with Gasteiger partial charge in [-0.15, -0.1) is 0 Å². The van der Waals surface area contributed by atoms with Crippen molar-refractivity contribution in [2.24, 2.45) is 0 Å². The lowest BCUT2D eigenvalue weighted by Crippen LogP contribution is -2.16. The van der Waals surface area contributed by atoms with E-state index in [1.165, 1.54) is 181 Å². The first kappa shape index (κ1) is 58.9. The third-order valence-corrected chi connectivity index (χ3v) is 23.8. The fourth-order valence-corrected chi connectivity index (χ4v) is 19.0. The largest absolute Gasteiger partial charge is 0.456 e. The summed E-state index contributed by atoms with van der Waals surface area (Å²) in [4.78, 5) is 0. The zero-order chi connectivity index (χ0) is 68.8. The summed E-state index contributed by atoms with van der Waals surface area (Å²) >= 11 is 0. The molecule has 18 aromatic carbocycles. The first-order valence-electron chi connectivity index (χ1n) is 36.4. The molecule has 104 heavy (non-hydrogen) atoms. The Balaban J connectivity index is 0.606. The monoisotopic (exact) mass is 1320 g/mol. The van der Waals surface area contributed by atoms with E-state index >= 15 is 0 Å². The third kappa shape index (κ3) is 8.45. The second-order valence-corrected chi connectivity index (χ2v) is 30.0. The van der Waals surface area contributed by atoms with Crippen LogP contribution in [0.4, 0.5) is 0 Å². The minimum atomic E-state index is -0.326. The summed E-state index contributed by atoms with van der Waals surface area (Å²) in [5.74, 6) is 0. The highest BCUT2D eigenvalue weighted by atomic mass is 16.3. The second kappa shape index (κ2) is 21.8. The van der Waals surface area contributed by atoms with Gasteiger partial charge in [-0.05, 0) is 242 Å². The van der Waals surface area contributed by atoms with Gasteiger partial charge in [0.2, 0.25) is 0 Å². The van der Waals surface area contributed by atoms with Crippen LogP contribution in [-0.4, -0.2) is 0 Å². The fraction of sp³-hybridized carbons (Fsp3) is 0.0588. The quantitative estimate of drug-likeness (QED) is 0.149. The van der Waals surface area contributed by atoms with Crippen LogP contribution in [0.3, 0.4) is 0 Å². The molecule has 0 atom stereocenters. The second-order valence-electron chi connectivity index (χ2n) is 30.0. The van der Waals surface area contributed by atoms with Crippen molar-refractivity contribution in [2.75, 3.05) is 0 Å². The average Bonchev–Trinajstić information content (AvgIpc) is 1.58. The Labute approximate surface area is 602 Å². The van der Waals surface area contributed by atoms with Crippen LogP contribution >= 0.6 is 0 Å². The molecule has 2 heterocycles. The maximum Gasteiger partial charge on any atom is 0.136 e. The van der Waals surface area contributed by atoms with Gasteiger partial charge >= 0.3 is 0 Å². The van der Waals surface area contributed by atoms with E-state index in [-0.39, 0.29) is 10.8 Å². The van der Waals surface area contributed by atoms with Crippen molar-refractivity contribution < 1.29 is 8.83 Å². The molecule has 20 aromatic rings. The number of hydrogen-bond donors (Lipinski definition) is 0. The molecule has 2 nitrogen and oxygen atoms in total. The number of furan rings is 2. The molecular weight excluding hydrogens is 1260 g/mol. The van der Waals surface area contributed by atoms with Gasteiger partial charge in [-0.2, -0.15) is 0 Å². The van der Waals surface area contributed by atoms with E-state index in [9.17, 15) is 0 Å². The van der Waals surface area contributed by atoms with Crippen LogP contribution in [0, 0.1) is 0 Å². The first-order valence-corrected chi connectivity index (χ1v) is 36.4. The summed E-state index contributed by atoms with van der Waals surface area (Å²) in [6, 6.07) is 122. The summed E-state index contributed by atoms with van der Waals surface area (Å²) in [7, 11) is 0. The smallest absolute Gasteiger partial charge is 0.136 e. The molecule has 22 rings (SSSR count). The average molecular weight is 1320 g/mol. The van der Waals surface area contributed by atoms with Crippen molar-refractivity contribution in [3.8, 4) is 100 Å². The summed E-state index contributed by atoms with van der Waals surface area (Å²) in [6.45, 7) is 9.63. The molecule has 0 aliphatic heterocycles. The molecule has 0 radical (unpaired) electrons. The topological polar surface area (TPSA) is 26.3 Å². The normalized spacial score (nSPS) is 13.5. The number of rotatable bonds is 7. The summed E-state index contributed by atoms with van der Waals surface area (Å²) in [6.07, 6.45) is 0. The van der Waals surface area contributed by atoms with Crippen molar-refractivity contribution in [2.45, 2.75) is 38.5 Å². The molecule has 0 saturated heterocycles. The van der Waals surface area contributed by atoms with Gasteiger partial charge in [0.25, 0.3) is 0 Å². The minimum absolute atomic E-state index is 0.241. The van der Waals surface area contributed by atoms with Gasteiger partial charge in [-0.3, -0.25) is 0 Å². The number of fused-ring (bicyclic) bond motifs is 21. The van der Waals surface area contributed by atoms with Crippen LogP contribution in [0.1, 0.15) is 49.9 Å². The Kier molecular flexibility index (Phi) is 12.4. The van der Waals surface area contributed by atoms with Gasteiger partial charge in [0.05, 0.1) is 0 Å². The summed E-state index contributed by atoms with van der Waals surface area (Å²) in [5.41, 5.74) is 30.4. The Morgan fingerprint density at radius 2 is 0.587 bits per heavy atom. The number of benzene rings is 18. The maximum absolute atomic E-state index is 7.10. The lowest BCUT2D eigenvalue weighted by atomic mass is 9.78. The van der Waals surface area contributed by atoms with E-state index in [0.29, 0.717) is 0 Å². The van der Waals surface area contributed by atoms with Gasteiger partial charge < -0.3 is 8.83 Å². The Hall–Kier alpha value is -12.9. The van der Waals surface area contributed by atoms with Crippen LogP contribution in [0.15, 0.2) is 336 Å². The lowest BCUT2D eigenvalue weighted by molar-refractivity contribution is 0.658. The zero-order valence-corrected chi connectivity index (χ0v) is 58.0. The molecule has 0 amide bonds. The Bertz CT molecular complexity index is 6990. The van der Waals surface area contributed by atoms with E-state index in [2.05, 4.69) is 355 Å². The SMILES string of the molecule is CC1(C)c2cc3c(cc2-c2c1ccc1ccc(-c4ccc5c6c(ccc5c4)-c4ccc5oc7cc(-c8c9ccccc9c(-c9ccc(-c%10ccccc%10)cc9)c9ccccc89)ccc7c5c4C6(C)C)cc21)oc1cc(-c2c4ccccc4c(-c4ccc(-c5ccccc5)cc4)c4ccccc24)ccc13. The molecule has 0 fully saturated rings. The first-order chi connectivity index (χ1) is 51.1. The highest BCUT2D eigenvalue weighted by molar-refractivity contribution is 6.25. The molecule has 0 spiro atoms. The molecule has 486 valence electrons. The molecule has 2 aliphatic carbocycles. The van der Waals surface area contributed by atoms with Crippen LogP contribution < -0.4 is 0 Å². The van der Waals surface area contributed by atoms with E-state index in [0.717, 1.165) is 49.6 Å². The Morgan fingerprint density at radius 1 is 0.192 bits per heavy atom. The molecule has 2 aliphatic rings. The van der Waals surface area contributed by atoms with Gasteiger partial charge in [0.1, 0.15) is 22.3 Å². The van der Waals surface area contributed by atoms with Crippen LogP contribution in [0.5, 0.6) is 0 Å². The molecule has 0 bridgehead atoms. The minimum Gasteiger partial charge on any atom is -0.456 e. The van der Waals surface area contributed by atoms with E-state index in [1.54, 1.807) is 0 Å². The fourth-order valence-electron chi connectivity index (χ4n) is 19.0. The molecule has 0 unspecified atom stereocenters. The lowest BCUT2D eigenvalue weighted by Gasteiger charge is -2.24.